The molecule has 0 aromatic heterocycles. The lowest BCUT2D eigenvalue weighted by Gasteiger charge is -2.26. The summed E-state index contributed by atoms with van der Waals surface area (Å²) in [7, 11) is 1.72. The lowest BCUT2D eigenvalue weighted by molar-refractivity contribution is -0.144. The van der Waals surface area contributed by atoms with Crippen molar-refractivity contribution in [3.63, 3.8) is 0 Å². The normalized spacial score (nSPS) is 19.3. The van der Waals surface area contributed by atoms with Gasteiger partial charge in [-0.05, 0) is 59.2 Å². The number of nitrogens with one attached hydrogen (secondary N) is 1. The number of carbonyl (C=O) groups is 1. The quantitative estimate of drug-likeness (QED) is 0.646. The molecule has 2 N–H and O–H groups in total. The molecule has 0 heterocycles. The van der Waals surface area contributed by atoms with Crippen molar-refractivity contribution in [2.45, 2.75) is 57.5 Å². The number of rotatable bonds is 9. The zero-order valence-corrected chi connectivity index (χ0v) is 11.3. The molecule has 17 heavy (non-hydrogen) atoms. The van der Waals surface area contributed by atoms with Gasteiger partial charge in [0.25, 0.3) is 0 Å². The molecule has 0 amide bonds. The third-order valence-corrected chi connectivity index (χ3v) is 3.72. The van der Waals surface area contributed by atoms with Crippen LogP contribution in [0.2, 0.25) is 0 Å². The maximum Gasteiger partial charge on any atom is 0.323 e. The van der Waals surface area contributed by atoms with Crippen LogP contribution < -0.4 is 5.32 Å². The first-order valence-corrected chi connectivity index (χ1v) is 6.70. The molecule has 0 aromatic rings. The summed E-state index contributed by atoms with van der Waals surface area (Å²) >= 11 is 0. The van der Waals surface area contributed by atoms with Crippen molar-refractivity contribution in [3.05, 3.63) is 0 Å². The number of carboxylic acids is 1. The van der Waals surface area contributed by atoms with Crippen LogP contribution in [-0.2, 0) is 4.79 Å². The molecule has 0 aromatic carbocycles. The first-order valence-electron chi connectivity index (χ1n) is 6.70. The fourth-order valence-corrected chi connectivity index (χ4v) is 2.18. The van der Waals surface area contributed by atoms with Gasteiger partial charge < -0.3 is 15.3 Å². The maximum absolute atomic E-state index is 11.1. The van der Waals surface area contributed by atoms with Crippen LogP contribution >= 0.6 is 0 Å². The molecule has 0 spiro atoms. The molecular weight excluding hydrogens is 216 g/mol. The minimum atomic E-state index is -0.776. The first-order chi connectivity index (χ1) is 8.03. The van der Waals surface area contributed by atoms with Gasteiger partial charge in [-0.15, -0.1) is 0 Å². The number of hydrogen-bond donors (Lipinski definition) is 2. The van der Waals surface area contributed by atoms with Crippen LogP contribution in [-0.4, -0.2) is 47.7 Å². The van der Waals surface area contributed by atoms with E-state index in [9.17, 15) is 4.79 Å². The maximum atomic E-state index is 11.1. The van der Waals surface area contributed by atoms with E-state index in [-0.39, 0.29) is 0 Å². The zero-order valence-electron chi connectivity index (χ0n) is 11.3. The summed E-state index contributed by atoms with van der Waals surface area (Å²) in [4.78, 5) is 13.6. The third kappa shape index (κ3) is 4.28. The van der Waals surface area contributed by atoms with E-state index in [1.807, 2.05) is 0 Å². The molecule has 1 aliphatic rings. The third-order valence-electron chi connectivity index (χ3n) is 3.72. The summed E-state index contributed by atoms with van der Waals surface area (Å²) in [6.07, 6.45) is 5.45. The Morgan fingerprint density at radius 3 is 2.53 bits per heavy atom. The molecule has 0 aliphatic heterocycles. The summed E-state index contributed by atoms with van der Waals surface area (Å²) in [6, 6.07) is 0.778. The number of nitrogens with zero attached hydrogens (tertiary/aromatic N) is 1. The molecular formula is C13H26N2O2. The molecule has 1 saturated carbocycles. The lowest BCUT2D eigenvalue weighted by atomic mass is 9.96. The van der Waals surface area contributed by atoms with E-state index >= 15 is 0 Å². The molecule has 4 heteroatoms. The van der Waals surface area contributed by atoms with E-state index in [1.165, 1.54) is 19.3 Å². The highest BCUT2D eigenvalue weighted by atomic mass is 16.4. The number of aliphatic carboxylic acids is 1. The monoisotopic (exact) mass is 242 g/mol. The Balaban J connectivity index is 2.31. The van der Waals surface area contributed by atoms with Crippen LogP contribution in [0.1, 0.15) is 46.0 Å². The molecule has 1 atom stereocenters. The Bertz CT molecular complexity index is 254. The topological polar surface area (TPSA) is 52.6 Å². The van der Waals surface area contributed by atoms with Crippen molar-refractivity contribution in [2.24, 2.45) is 0 Å². The van der Waals surface area contributed by atoms with Gasteiger partial charge in [0.05, 0.1) is 0 Å². The Morgan fingerprint density at radius 2 is 2.12 bits per heavy atom. The van der Waals surface area contributed by atoms with Crippen molar-refractivity contribution in [2.75, 3.05) is 20.1 Å². The highest BCUT2D eigenvalue weighted by Crippen LogP contribution is 2.27. The smallest absolute Gasteiger partial charge is 0.323 e. The van der Waals surface area contributed by atoms with E-state index in [2.05, 4.69) is 17.1 Å². The van der Waals surface area contributed by atoms with E-state index in [0.717, 1.165) is 25.6 Å². The number of carboxylic acid groups (broad SMARTS) is 1. The van der Waals surface area contributed by atoms with Crippen LogP contribution in [0.25, 0.3) is 0 Å². The van der Waals surface area contributed by atoms with Gasteiger partial charge in [0.2, 0.25) is 0 Å². The van der Waals surface area contributed by atoms with Gasteiger partial charge in [0.15, 0.2) is 0 Å². The lowest BCUT2D eigenvalue weighted by Crippen LogP contribution is -2.48. The van der Waals surface area contributed by atoms with Crippen LogP contribution in [0.4, 0.5) is 0 Å². The van der Waals surface area contributed by atoms with E-state index < -0.39 is 11.5 Å². The van der Waals surface area contributed by atoms with Gasteiger partial charge in [-0.3, -0.25) is 4.79 Å². The first kappa shape index (κ1) is 14.5. The molecule has 0 radical (unpaired) electrons. The summed E-state index contributed by atoms with van der Waals surface area (Å²) in [5, 5.41) is 12.1. The fraction of sp³-hybridized carbons (Fsp3) is 0.923. The van der Waals surface area contributed by atoms with Crippen molar-refractivity contribution in [1.82, 2.24) is 10.2 Å². The highest BCUT2D eigenvalue weighted by Gasteiger charge is 2.32. The van der Waals surface area contributed by atoms with Crippen molar-refractivity contribution in [1.29, 1.82) is 0 Å². The fourth-order valence-electron chi connectivity index (χ4n) is 2.18. The predicted molar refractivity (Wildman–Crippen MR) is 69.2 cm³/mol. The SMILES string of the molecule is CCCN(CCCC(C)(NC)C(=O)O)C1CC1. The largest absolute Gasteiger partial charge is 0.480 e. The average Bonchev–Trinajstić information content (AvgIpc) is 3.11. The van der Waals surface area contributed by atoms with Crippen molar-refractivity contribution >= 4 is 5.97 Å². The summed E-state index contributed by atoms with van der Waals surface area (Å²) in [6.45, 7) is 6.14. The Kier molecular flexibility index (Phi) is 5.40. The van der Waals surface area contributed by atoms with Crippen molar-refractivity contribution in [3.8, 4) is 0 Å². The zero-order chi connectivity index (χ0) is 12.9. The van der Waals surface area contributed by atoms with Crippen LogP contribution in [0, 0.1) is 0 Å². The molecule has 1 rings (SSSR count). The van der Waals surface area contributed by atoms with Crippen LogP contribution in [0.3, 0.4) is 0 Å². The Hall–Kier alpha value is -0.610. The van der Waals surface area contributed by atoms with Crippen molar-refractivity contribution < 1.29 is 9.90 Å². The number of hydrogen-bond acceptors (Lipinski definition) is 3. The van der Waals surface area contributed by atoms with Gasteiger partial charge in [0, 0.05) is 6.04 Å². The predicted octanol–water partition coefficient (Wildman–Crippen LogP) is 1.70. The Labute approximate surface area is 104 Å². The Morgan fingerprint density at radius 1 is 1.47 bits per heavy atom. The summed E-state index contributed by atoms with van der Waals surface area (Å²) in [5.74, 6) is -0.756. The molecule has 0 bridgehead atoms. The molecule has 1 unspecified atom stereocenters. The van der Waals surface area contributed by atoms with Gasteiger partial charge in [-0.2, -0.15) is 0 Å². The average molecular weight is 242 g/mol. The second-order valence-electron chi connectivity index (χ2n) is 5.26. The van der Waals surface area contributed by atoms with Gasteiger partial charge in [-0.25, -0.2) is 0 Å². The standard InChI is InChI=1S/C13H26N2O2/c1-4-9-15(11-6-7-11)10-5-8-13(2,14-3)12(16)17/h11,14H,4-10H2,1-3H3,(H,16,17). The molecule has 100 valence electrons. The second-order valence-corrected chi connectivity index (χ2v) is 5.26. The van der Waals surface area contributed by atoms with E-state index in [0.29, 0.717) is 6.42 Å². The summed E-state index contributed by atoms with van der Waals surface area (Å²) in [5.41, 5.74) is -0.776. The molecule has 1 aliphatic carbocycles. The molecule has 1 fully saturated rings. The van der Waals surface area contributed by atoms with Crippen LogP contribution in [0.5, 0.6) is 0 Å². The number of likely N-dealkylation sites (N-methyl/N-ethyl adjacent to an activating group) is 1. The molecule has 4 nitrogen and oxygen atoms in total. The van der Waals surface area contributed by atoms with E-state index in [1.54, 1.807) is 14.0 Å². The second kappa shape index (κ2) is 6.36. The van der Waals surface area contributed by atoms with Gasteiger partial charge >= 0.3 is 5.97 Å². The van der Waals surface area contributed by atoms with Crippen LogP contribution in [0.15, 0.2) is 0 Å². The van der Waals surface area contributed by atoms with E-state index in [4.69, 9.17) is 5.11 Å². The summed E-state index contributed by atoms with van der Waals surface area (Å²) < 4.78 is 0. The van der Waals surface area contributed by atoms with Gasteiger partial charge in [-0.1, -0.05) is 6.92 Å². The minimum Gasteiger partial charge on any atom is -0.480 e. The molecule has 0 saturated heterocycles. The van der Waals surface area contributed by atoms with Gasteiger partial charge in [0.1, 0.15) is 5.54 Å². The minimum absolute atomic E-state index is 0.686. The highest BCUT2D eigenvalue weighted by molar-refractivity contribution is 5.78.